The maximum Gasteiger partial charge on any atom is 0.426 e. The molecule has 50 valence electrons. The van der Waals surface area contributed by atoms with E-state index in [1.807, 2.05) is 6.92 Å². The summed E-state index contributed by atoms with van der Waals surface area (Å²) < 4.78 is 6.01. The molecule has 0 amide bonds. The second kappa shape index (κ2) is 2.48. The van der Waals surface area contributed by atoms with Crippen LogP contribution < -0.4 is 10.3 Å². The number of aromatic amines is 1. The minimum atomic E-state index is -0.330. The average molecular weight is 129 g/mol. The summed E-state index contributed by atoms with van der Waals surface area (Å²) in [6, 6.07) is 0. The average Bonchev–Trinajstić information content (AvgIpc) is 2.17. The number of aryl methyl sites for hydroxylation is 1. The number of hydrogen-bond acceptors (Lipinski definition) is 2. The lowest BCUT2D eigenvalue weighted by Gasteiger charge is -1.79. The topological polar surface area (TPSA) is 49.9 Å². The van der Waals surface area contributed by atoms with E-state index < -0.39 is 0 Å². The van der Waals surface area contributed by atoms with Crippen LogP contribution in [0.15, 0.2) is 15.5 Å². The molecule has 0 spiro atoms. The Bertz CT molecular complexity index is 225. The second-order valence-corrected chi connectivity index (χ2v) is 1.83. The molecule has 1 N–H and O–H groups in total. The molecule has 0 radical (unpaired) electrons. The molecule has 0 atom stereocenters. The molecule has 0 saturated heterocycles. The molecule has 0 aliphatic rings. The Morgan fingerprint density at radius 2 is 2.67 bits per heavy atom. The van der Waals surface area contributed by atoms with Gasteiger partial charge < -0.3 is 0 Å². The highest BCUT2D eigenvalue weighted by Crippen LogP contribution is 1.69. The van der Waals surface area contributed by atoms with Gasteiger partial charge in [-0.15, -0.1) is 0 Å². The molecule has 4 nitrogen and oxygen atoms in total. The molecule has 0 saturated carbocycles. The lowest BCUT2D eigenvalue weighted by Crippen LogP contribution is -2.34. The van der Waals surface area contributed by atoms with E-state index in [0.29, 0.717) is 0 Å². The van der Waals surface area contributed by atoms with Crippen LogP contribution in [0.1, 0.15) is 13.3 Å². The van der Waals surface area contributed by atoms with Crippen molar-refractivity contribution < 1.29 is 9.20 Å². The van der Waals surface area contributed by atoms with Gasteiger partial charge in [0.05, 0.1) is 0 Å². The molecule has 0 aromatic carbocycles. The highest BCUT2D eigenvalue weighted by molar-refractivity contribution is 4.48. The standard InChI is InChI=1S/C5H8N2O2/c1-2-3-7-4-5(8)9-6-7/h4H,2-3H2,1H3/p+1. The molecule has 1 rings (SSSR count). The fourth-order valence-corrected chi connectivity index (χ4v) is 0.635. The quantitative estimate of drug-likeness (QED) is 0.555. The van der Waals surface area contributed by atoms with Gasteiger partial charge in [-0.1, -0.05) is 11.6 Å². The van der Waals surface area contributed by atoms with Crippen LogP contribution in [0.3, 0.4) is 0 Å². The van der Waals surface area contributed by atoms with E-state index in [-0.39, 0.29) is 5.63 Å². The van der Waals surface area contributed by atoms with Gasteiger partial charge >= 0.3 is 5.63 Å². The summed E-state index contributed by atoms with van der Waals surface area (Å²) in [6.45, 7) is 2.82. The van der Waals surface area contributed by atoms with E-state index >= 15 is 0 Å². The molecule has 0 aliphatic heterocycles. The Kier molecular flexibility index (Phi) is 1.67. The van der Waals surface area contributed by atoms with Crippen LogP contribution in [0.25, 0.3) is 0 Å². The molecular formula is C5H9N2O2+. The first kappa shape index (κ1) is 6.07. The van der Waals surface area contributed by atoms with Gasteiger partial charge in [-0.05, 0) is 5.27 Å². The van der Waals surface area contributed by atoms with Crippen LogP contribution in [0, 0.1) is 0 Å². The fraction of sp³-hybridized carbons (Fsp3) is 0.600. The van der Waals surface area contributed by atoms with Crippen molar-refractivity contribution in [3.8, 4) is 0 Å². The number of H-pyrrole nitrogens is 1. The molecule has 0 fully saturated rings. The second-order valence-electron chi connectivity index (χ2n) is 1.83. The van der Waals surface area contributed by atoms with E-state index in [1.165, 1.54) is 6.20 Å². The van der Waals surface area contributed by atoms with Crippen molar-refractivity contribution in [2.75, 3.05) is 0 Å². The first-order valence-electron chi connectivity index (χ1n) is 2.91. The minimum absolute atomic E-state index is 0.330. The molecule has 0 bridgehead atoms. The number of hydrogen-bond donors (Lipinski definition) is 1. The van der Waals surface area contributed by atoms with Crippen molar-refractivity contribution in [1.82, 2.24) is 5.27 Å². The first-order valence-corrected chi connectivity index (χ1v) is 2.91. The van der Waals surface area contributed by atoms with Crippen LogP contribution in [0.5, 0.6) is 0 Å². The monoisotopic (exact) mass is 129 g/mol. The highest BCUT2D eigenvalue weighted by atomic mass is 16.5. The van der Waals surface area contributed by atoms with Gasteiger partial charge in [0.1, 0.15) is 0 Å². The van der Waals surface area contributed by atoms with E-state index in [9.17, 15) is 4.79 Å². The maximum atomic E-state index is 10.3. The predicted molar refractivity (Wildman–Crippen MR) is 29.8 cm³/mol. The fourth-order valence-electron chi connectivity index (χ4n) is 0.635. The van der Waals surface area contributed by atoms with Crippen LogP contribution in [-0.4, -0.2) is 5.27 Å². The number of nitrogens with one attached hydrogen (secondary N) is 1. The van der Waals surface area contributed by atoms with Crippen molar-refractivity contribution >= 4 is 0 Å². The lowest BCUT2D eigenvalue weighted by molar-refractivity contribution is -0.762. The lowest BCUT2D eigenvalue weighted by atomic mass is 10.5. The third-order valence-corrected chi connectivity index (χ3v) is 0.989. The van der Waals surface area contributed by atoms with Crippen molar-refractivity contribution in [1.29, 1.82) is 0 Å². The Morgan fingerprint density at radius 1 is 1.89 bits per heavy atom. The summed E-state index contributed by atoms with van der Waals surface area (Å²) in [6.07, 6.45) is 2.38. The molecule has 1 aromatic heterocycles. The van der Waals surface area contributed by atoms with Gasteiger partial charge in [0, 0.05) is 6.42 Å². The van der Waals surface area contributed by atoms with Crippen molar-refractivity contribution in [3.05, 3.63) is 16.6 Å². The number of rotatable bonds is 2. The summed E-state index contributed by atoms with van der Waals surface area (Å²) in [5.74, 6) is 0. The Morgan fingerprint density at radius 3 is 3.11 bits per heavy atom. The van der Waals surface area contributed by atoms with Gasteiger partial charge in [-0.25, -0.2) is 4.79 Å². The number of nitrogens with zero attached hydrogens (tertiary/aromatic N) is 1. The summed E-state index contributed by atoms with van der Waals surface area (Å²) in [7, 11) is 0. The zero-order valence-corrected chi connectivity index (χ0v) is 5.26. The van der Waals surface area contributed by atoms with Gasteiger partial charge in [0.15, 0.2) is 6.54 Å². The van der Waals surface area contributed by atoms with Gasteiger partial charge in [0.2, 0.25) is 0 Å². The van der Waals surface area contributed by atoms with E-state index in [0.717, 1.165) is 13.0 Å². The highest BCUT2D eigenvalue weighted by Gasteiger charge is 2.01. The summed E-state index contributed by atoms with van der Waals surface area (Å²) in [5, 5.41) is 2.44. The maximum absolute atomic E-state index is 10.3. The smallest absolute Gasteiger partial charge is 0.284 e. The molecule has 1 aromatic rings. The molecular weight excluding hydrogens is 120 g/mol. The van der Waals surface area contributed by atoms with Gasteiger partial charge in [0.25, 0.3) is 6.20 Å². The third kappa shape index (κ3) is 1.42. The third-order valence-electron chi connectivity index (χ3n) is 0.989. The normalized spacial score (nSPS) is 9.89. The summed E-state index contributed by atoms with van der Waals surface area (Å²) >= 11 is 0. The van der Waals surface area contributed by atoms with Crippen LogP contribution >= 0.6 is 0 Å². The SMILES string of the molecule is CCC[n+]1cc(=O)o[nH]1. The van der Waals surface area contributed by atoms with Gasteiger partial charge in [-0.2, -0.15) is 0 Å². The molecule has 1 heterocycles. The Hall–Kier alpha value is -1.06. The zero-order chi connectivity index (χ0) is 6.69. The van der Waals surface area contributed by atoms with Crippen LogP contribution in [0.2, 0.25) is 0 Å². The first-order chi connectivity index (χ1) is 4.33. The van der Waals surface area contributed by atoms with Crippen LogP contribution in [0.4, 0.5) is 0 Å². The summed E-state index contributed by atoms with van der Waals surface area (Å²) in [5.41, 5.74) is -0.330. The van der Waals surface area contributed by atoms with E-state index in [2.05, 4.69) is 9.79 Å². The van der Waals surface area contributed by atoms with Crippen LogP contribution in [-0.2, 0) is 6.54 Å². The minimum Gasteiger partial charge on any atom is -0.284 e. The Balaban J connectivity index is 2.73. The molecule has 0 unspecified atom stereocenters. The largest absolute Gasteiger partial charge is 0.426 e. The molecule has 4 heteroatoms. The predicted octanol–water partition coefficient (Wildman–Crippen LogP) is -0.335. The zero-order valence-electron chi connectivity index (χ0n) is 5.26. The molecule has 9 heavy (non-hydrogen) atoms. The van der Waals surface area contributed by atoms with E-state index in [4.69, 9.17) is 0 Å². The van der Waals surface area contributed by atoms with Crippen molar-refractivity contribution in [3.63, 3.8) is 0 Å². The number of aromatic nitrogens is 2. The Labute approximate surface area is 52.1 Å². The van der Waals surface area contributed by atoms with Crippen molar-refractivity contribution in [2.24, 2.45) is 0 Å². The van der Waals surface area contributed by atoms with Crippen molar-refractivity contribution in [2.45, 2.75) is 19.9 Å². The van der Waals surface area contributed by atoms with Gasteiger partial charge in [-0.3, -0.25) is 4.52 Å². The van der Waals surface area contributed by atoms with E-state index in [1.54, 1.807) is 4.68 Å². The molecule has 0 aliphatic carbocycles. The summed E-state index contributed by atoms with van der Waals surface area (Å²) in [4.78, 5) is 10.3.